The Morgan fingerprint density at radius 1 is 1.00 bits per heavy atom. The van der Waals surface area contributed by atoms with E-state index in [2.05, 4.69) is 19.1 Å². The molecule has 0 bridgehead atoms. The van der Waals surface area contributed by atoms with Crippen molar-refractivity contribution < 1.29 is 58.9 Å². The van der Waals surface area contributed by atoms with Gasteiger partial charge >= 0.3 is 35.5 Å². The molecule has 0 aliphatic heterocycles. The van der Waals surface area contributed by atoms with Crippen LogP contribution < -0.4 is 34.7 Å². The largest absolute Gasteiger partial charge is 1.00 e. The van der Waals surface area contributed by atoms with Gasteiger partial charge in [0.2, 0.25) is 0 Å². The van der Waals surface area contributed by atoms with E-state index in [1.54, 1.807) is 0 Å². The van der Waals surface area contributed by atoms with Crippen molar-refractivity contribution in [3.05, 3.63) is 12.2 Å². The summed E-state index contributed by atoms with van der Waals surface area (Å²) in [5, 5.41) is 29.1. The Balaban J connectivity index is 0. The van der Waals surface area contributed by atoms with Gasteiger partial charge in [-0.3, -0.25) is 4.79 Å². The van der Waals surface area contributed by atoms with Crippen LogP contribution in [0.1, 0.15) is 58.3 Å². The molecule has 0 amide bonds. The predicted molar refractivity (Wildman–Crippen MR) is 86.3 cm³/mol. The van der Waals surface area contributed by atoms with E-state index in [0.717, 1.165) is 32.2 Å². The standard InChI is InChI=1S/C17H31NO5.Na/c1-2-3-4-5-6-7-12-18(15-19,13-8-10-16(20)21)14-9-11-17(22)23;/h4-5,19H,2-3,6-15H2,1H3,(H-,20,21,22,23);/q;+1/b5-4+;. The van der Waals surface area contributed by atoms with Crippen molar-refractivity contribution in [3.8, 4) is 0 Å². The molecule has 0 radical (unpaired) electrons. The van der Waals surface area contributed by atoms with Gasteiger partial charge in [0.1, 0.15) is 0 Å². The van der Waals surface area contributed by atoms with Gasteiger partial charge in [-0.25, -0.2) is 0 Å². The van der Waals surface area contributed by atoms with Crippen molar-refractivity contribution in [2.45, 2.75) is 58.3 Å². The molecule has 6 nitrogen and oxygen atoms in total. The summed E-state index contributed by atoms with van der Waals surface area (Å²) in [7, 11) is 0. The van der Waals surface area contributed by atoms with Crippen molar-refractivity contribution in [2.24, 2.45) is 0 Å². The number of aliphatic carboxylic acids is 2. The van der Waals surface area contributed by atoms with Gasteiger partial charge in [-0.05, 0) is 19.3 Å². The smallest absolute Gasteiger partial charge is 0.550 e. The summed E-state index contributed by atoms with van der Waals surface area (Å²) in [5.41, 5.74) is 0. The van der Waals surface area contributed by atoms with Crippen LogP contribution >= 0.6 is 0 Å². The number of carboxylic acid groups (broad SMARTS) is 2. The molecule has 0 spiro atoms. The number of carbonyl (C=O) groups is 2. The van der Waals surface area contributed by atoms with E-state index >= 15 is 0 Å². The second-order valence-corrected chi connectivity index (χ2v) is 6.03. The Kier molecular flexibility index (Phi) is 17.3. The minimum absolute atomic E-state index is 0. The van der Waals surface area contributed by atoms with Gasteiger partial charge in [0, 0.05) is 25.2 Å². The third-order valence-corrected chi connectivity index (χ3v) is 3.96. The zero-order valence-electron chi connectivity index (χ0n) is 15.2. The van der Waals surface area contributed by atoms with Gasteiger partial charge < -0.3 is 24.6 Å². The van der Waals surface area contributed by atoms with Crippen LogP contribution in [-0.2, 0) is 9.59 Å². The van der Waals surface area contributed by atoms with Gasteiger partial charge in [-0.15, -0.1) is 0 Å². The van der Waals surface area contributed by atoms with E-state index in [4.69, 9.17) is 5.11 Å². The fourth-order valence-corrected chi connectivity index (χ4v) is 2.62. The molecule has 0 aromatic carbocycles. The Morgan fingerprint density at radius 3 is 2.04 bits per heavy atom. The van der Waals surface area contributed by atoms with Crippen LogP contribution in [0.25, 0.3) is 0 Å². The van der Waals surface area contributed by atoms with Crippen molar-refractivity contribution in [3.63, 3.8) is 0 Å². The molecule has 24 heavy (non-hydrogen) atoms. The number of unbranched alkanes of at least 4 members (excludes halogenated alkanes) is 2. The van der Waals surface area contributed by atoms with Crippen LogP contribution in [0.3, 0.4) is 0 Å². The minimum Gasteiger partial charge on any atom is -0.550 e. The molecule has 134 valence electrons. The summed E-state index contributed by atoms with van der Waals surface area (Å²) >= 11 is 0. The van der Waals surface area contributed by atoms with E-state index in [1.807, 2.05) is 0 Å². The zero-order valence-corrected chi connectivity index (χ0v) is 17.2. The number of aliphatic hydroxyl groups is 1. The van der Waals surface area contributed by atoms with Gasteiger partial charge in [0.05, 0.1) is 26.1 Å². The summed E-state index contributed by atoms with van der Waals surface area (Å²) < 4.78 is 0.363. The van der Waals surface area contributed by atoms with E-state index in [0.29, 0.717) is 30.4 Å². The number of hydrogen-bond acceptors (Lipinski definition) is 4. The summed E-state index contributed by atoms with van der Waals surface area (Å²) in [6.07, 6.45) is 9.21. The number of rotatable bonds is 15. The number of hydrogen-bond donors (Lipinski definition) is 2. The maximum atomic E-state index is 10.7. The number of quaternary nitrogens is 1. The summed E-state index contributed by atoms with van der Waals surface area (Å²) in [6.45, 7) is 3.83. The summed E-state index contributed by atoms with van der Waals surface area (Å²) in [4.78, 5) is 21.2. The monoisotopic (exact) mass is 352 g/mol. The SMILES string of the molecule is CCC/C=C/CCC[N+](CO)(CCCC(=O)[O-])CCCC(=O)O.[Na+]. The Morgan fingerprint density at radius 2 is 1.54 bits per heavy atom. The number of aliphatic hydroxyl groups excluding tert-OH is 1. The average Bonchev–Trinajstić information content (AvgIpc) is 2.49. The van der Waals surface area contributed by atoms with Crippen molar-refractivity contribution in [1.82, 2.24) is 0 Å². The average molecular weight is 352 g/mol. The van der Waals surface area contributed by atoms with E-state index < -0.39 is 11.9 Å². The molecule has 0 aliphatic carbocycles. The van der Waals surface area contributed by atoms with Crippen LogP contribution in [0.15, 0.2) is 12.2 Å². The molecule has 0 rings (SSSR count). The first-order chi connectivity index (χ1) is 11.0. The molecule has 1 atom stereocenters. The van der Waals surface area contributed by atoms with E-state index in [-0.39, 0.29) is 49.1 Å². The topological polar surface area (TPSA) is 97.7 Å². The third kappa shape index (κ3) is 14.0. The molecule has 7 heteroatoms. The summed E-state index contributed by atoms with van der Waals surface area (Å²) in [6, 6.07) is 0. The van der Waals surface area contributed by atoms with Gasteiger partial charge in [-0.2, -0.15) is 0 Å². The Labute approximate surface area is 167 Å². The maximum absolute atomic E-state index is 10.7. The number of carboxylic acids is 2. The molecule has 0 fully saturated rings. The molecule has 2 N–H and O–H groups in total. The Hall–Kier alpha value is -0.400. The first kappa shape index (κ1) is 25.8. The van der Waals surface area contributed by atoms with Gasteiger partial charge in [0.25, 0.3) is 0 Å². The fraction of sp³-hybridized carbons (Fsp3) is 0.765. The van der Waals surface area contributed by atoms with Crippen LogP contribution in [0, 0.1) is 0 Å². The van der Waals surface area contributed by atoms with Gasteiger partial charge in [0.15, 0.2) is 6.73 Å². The first-order valence-electron chi connectivity index (χ1n) is 8.48. The van der Waals surface area contributed by atoms with E-state index in [1.165, 1.54) is 0 Å². The number of nitrogens with zero attached hydrogens (tertiary/aromatic N) is 1. The first-order valence-corrected chi connectivity index (χ1v) is 8.48. The number of carbonyl (C=O) groups excluding carboxylic acids is 1. The molecule has 1 unspecified atom stereocenters. The number of allylic oxidation sites excluding steroid dienone is 2. The molecule has 0 heterocycles. The quantitative estimate of drug-likeness (QED) is 0.120. The van der Waals surface area contributed by atoms with Crippen molar-refractivity contribution >= 4 is 11.9 Å². The van der Waals surface area contributed by atoms with Crippen LogP contribution in [-0.4, -0.2) is 53.0 Å². The molecule has 0 aromatic heterocycles. The van der Waals surface area contributed by atoms with Crippen molar-refractivity contribution in [1.29, 1.82) is 0 Å². The summed E-state index contributed by atoms with van der Waals surface area (Å²) in [5.74, 6) is -1.94. The Bertz CT molecular complexity index is 354. The van der Waals surface area contributed by atoms with Gasteiger partial charge in [-0.1, -0.05) is 25.5 Å². The predicted octanol–water partition coefficient (Wildman–Crippen LogP) is -1.71. The van der Waals surface area contributed by atoms with Crippen LogP contribution in [0.5, 0.6) is 0 Å². The molecular weight excluding hydrogens is 321 g/mol. The second-order valence-electron chi connectivity index (χ2n) is 6.03. The van der Waals surface area contributed by atoms with Crippen LogP contribution in [0.2, 0.25) is 0 Å². The van der Waals surface area contributed by atoms with Crippen LogP contribution in [0.4, 0.5) is 0 Å². The van der Waals surface area contributed by atoms with E-state index in [9.17, 15) is 19.8 Å². The zero-order chi connectivity index (χ0) is 17.6. The molecule has 0 aromatic rings. The third-order valence-electron chi connectivity index (χ3n) is 3.96. The maximum Gasteiger partial charge on any atom is 1.00 e. The molecule has 0 saturated carbocycles. The second kappa shape index (κ2) is 16.1. The minimum atomic E-state index is -1.09. The molecular formula is C17H31NNaO5+. The normalized spacial score (nSPS) is 13.4. The van der Waals surface area contributed by atoms with Crippen molar-refractivity contribution in [2.75, 3.05) is 26.4 Å². The fourth-order valence-electron chi connectivity index (χ4n) is 2.62. The molecule has 0 aliphatic rings. The molecule has 0 saturated heterocycles.